The van der Waals surface area contributed by atoms with Gasteiger partial charge in [-0.1, -0.05) is 6.92 Å². The minimum atomic E-state index is -1.52. The van der Waals surface area contributed by atoms with Crippen LogP contribution in [-0.2, 0) is 4.79 Å². The summed E-state index contributed by atoms with van der Waals surface area (Å²) in [6.07, 6.45) is 2.83. The molecular formula is C9H15FO3. The first-order valence-electron chi connectivity index (χ1n) is 4.27. The average Bonchev–Trinajstić information content (AvgIpc) is 2.04. The van der Waals surface area contributed by atoms with Crippen molar-refractivity contribution >= 4 is 5.97 Å². The number of hydrogen-bond donors (Lipinski definition) is 2. The zero-order chi connectivity index (χ0) is 10.3. The molecule has 0 rings (SSSR count). The van der Waals surface area contributed by atoms with Crippen molar-refractivity contribution in [3.63, 3.8) is 0 Å². The Balaban J connectivity index is 3.65. The Kier molecular flexibility index (Phi) is 6.14. The van der Waals surface area contributed by atoms with Crippen LogP contribution in [0.25, 0.3) is 0 Å². The number of carboxylic acids is 1. The number of aliphatic hydroxyl groups is 1. The number of allylic oxidation sites excluding steroid dienone is 1. The maximum Gasteiger partial charge on any atom is 0.364 e. The summed E-state index contributed by atoms with van der Waals surface area (Å²) in [5, 5.41) is 16.7. The lowest BCUT2D eigenvalue weighted by Gasteiger charge is -2.06. The van der Waals surface area contributed by atoms with E-state index >= 15 is 0 Å². The number of carboxylic acid groups (broad SMARTS) is 1. The van der Waals surface area contributed by atoms with Crippen molar-refractivity contribution in [2.24, 2.45) is 5.92 Å². The highest BCUT2D eigenvalue weighted by Gasteiger charge is 2.05. The third-order valence-corrected chi connectivity index (χ3v) is 1.81. The number of aliphatic hydroxyl groups excluding tert-OH is 1. The molecule has 76 valence electrons. The van der Waals surface area contributed by atoms with Gasteiger partial charge in [-0.05, 0) is 31.3 Å². The van der Waals surface area contributed by atoms with Crippen LogP contribution in [0.3, 0.4) is 0 Å². The molecule has 2 N–H and O–H groups in total. The first-order valence-corrected chi connectivity index (χ1v) is 4.27. The molecule has 1 atom stereocenters. The standard InChI is InChI=1S/C9H15FO3/c1-7(5-6-11)3-2-4-8(10)9(12)13/h4,7,11H,2-3,5-6H2,1H3,(H,12,13). The molecule has 0 radical (unpaired) electrons. The zero-order valence-electron chi connectivity index (χ0n) is 7.66. The second-order valence-corrected chi connectivity index (χ2v) is 3.05. The van der Waals surface area contributed by atoms with Gasteiger partial charge in [-0.25, -0.2) is 4.79 Å². The van der Waals surface area contributed by atoms with E-state index in [0.29, 0.717) is 25.2 Å². The van der Waals surface area contributed by atoms with E-state index in [1.165, 1.54) is 0 Å². The second-order valence-electron chi connectivity index (χ2n) is 3.05. The molecule has 0 saturated carbocycles. The number of halogens is 1. The molecule has 1 unspecified atom stereocenters. The van der Waals surface area contributed by atoms with Gasteiger partial charge in [0.2, 0.25) is 5.83 Å². The number of carbonyl (C=O) groups is 1. The topological polar surface area (TPSA) is 57.5 Å². The second kappa shape index (κ2) is 6.60. The van der Waals surface area contributed by atoms with Gasteiger partial charge in [-0.2, -0.15) is 4.39 Å². The Morgan fingerprint density at radius 1 is 1.54 bits per heavy atom. The normalized spacial score (nSPS) is 14.2. The van der Waals surface area contributed by atoms with Gasteiger partial charge in [0.1, 0.15) is 0 Å². The SMILES string of the molecule is CC(CCO)CCC=C(F)C(=O)O. The predicted molar refractivity (Wildman–Crippen MR) is 46.9 cm³/mol. The van der Waals surface area contributed by atoms with Crippen LogP contribution < -0.4 is 0 Å². The van der Waals surface area contributed by atoms with E-state index in [0.717, 1.165) is 6.08 Å². The van der Waals surface area contributed by atoms with Crippen molar-refractivity contribution in [3.8, 4) is 0 Å². The summed E-state index contributed by atoms with van der Waals surface area (Å²) in [6, 6.07) is 0. The van der Waals surface area contributed by atoms with E-state index in [1.807, 2.05) is 6.92 Å². The molecule has 0 aliphatic rings. The smallest absolute Gasteiger partial charge is 0.364 e. The van der Waals surface area contributed by atoms with Crippen LogP contribution in [0.2, 0.25) is 0 Å². The molecule has 4 heteroatoms. The molecule has 0 aliphatic carbocycles. The zero-order valence-corrected chi connectivity index (χ0v) is 7.66. The lowest BCUT2D eigenvalue weighted by Crippen LogP contribution is -1.98. The van der Waals surface area contributed by atoms with Crippen molar-refractivity contribution in [1.29, 1.82) is 0 Å². The lowest BCUT2D eigenvalue weighted by molar-refractivity contribution is -0.134. The third-order valence-electron chi connectivity index (χ3n) is 1.81. The van der Waals surface area contributed by atoms with Gasteiger partial charge in [-0.15, -0.1) is 0 Å². The Hall–Kier alpha value is -0.900. The molecular weight excluding hydrogens is 175 g/mol. The van der Waals surface area contributed by atoms with Gasteiger partial charge in [0, 0.05) is 6.61 Å². The van der Waals surface area contributed by atoms with Crippen LogP contribution >= 0.6 is 0 Å². The predicted octanol–water partition coefficient (Wildman–Crippen LogP) is 1.72. The maximum absolute atomic E-state index is 12.4. The largest absolute Gasteiger partial charge is 0.476 e. The summed E-state index contributed by atoms with van der Waals surface area (Å²) in [7, 11) is 0. The quantitative estimate of drug-likeness (QED) is 0.627. The van der Waals surface area contributed by atoms with Crippen LogP contribution in [0.5, 0.6) is 0 Å². The van der Waals surface area contributed by atoms with E-state index in [4.69, 9.17) is 10.2 Å². The van der Waals surface area contributed by atoms with Crippen molar-refractivity contribution < 1.29 is 19.4 Å². The fourth-order valence-electron chi connectivity index (χ4n) is 0.947. The Morgan fingerprint density at radius 3 is 2.62 bits per heavy atom. The van der Waals surface area contributed by atoms with Gasteiger partial charge in [0.15, 0.2) is 0 Å². The molecule has 0 aromatic rings. The van der Waals surface area contributed by atoms with E-state index in [9.17, 15) is 9.18 Å². The first-order chi connectivity index (χ1) is 6.07. The molecule has 0 bridgehead atoms. The molecule has 0 spiro atoms. The molecule has 0 fully saturated rings. The molecule has 0 aromatic heterocycles. The maximum atomic E-state index is 12.4. The van der Waals surface area contributed by atoms with Crippen LogP contribution in [-0.4, -0.2) is 22.8 Å². The molecule has 13 heavy (non-hydrogen) atoms. The monoisotopic (exact) mass is 190 g/mol. The van der Waals surface area contributed by atoms with Crippen molar-refractivity contribution in [3.05, 3.63) is 11.9 Å². The summed E-state index contributed by atoms with van der Waals surface area (Å²) in [5.41, 5.74) is 0. The van der Waals surface area contributed by atoms with Gasteiger partial charge < -0.3 is 10.2 Å². The summed E-state index contributed by atoms with van der Waals surface area (Å²) in [6.45, 7) is 2.05. The Bertz CT molecular complexity index is 189. The van der Waals surface area contributed by atoms with E-state index < -0.39 is 11.8 Å². The van der Waals surface area contributed by atoms with Gasteiger partial charge in [0.25, 0.3) is 0 Å². The Labute approximate surface area is 76.9 Å². The van der Waals surface area contributed by atoms with E-state index in [-0.39, 0.29) is 6.61 Å². The molecule has 0 aromatic carbocycles. The number of rotatable bonds is 6. The van der Waals surface area contributed by atoms with Crippen LogP contribution in [0.15, 0.2) is 11.9 Å². The summed E-state index contributed by atoms with van der Waals surface area (Å²) in [4.78, 5) is 10.0. The minimum Gasteiger partial charge on any atom is -0.476 e. The van der Waals surface area contributed by atoms with Crippen LogP contribution in [0, 0.1) is 5.92 Å². The Morgan fingerprint density at radius 2 is 2.15 bits per heavy atom. The van der Waals surface area contributed by atoms with E-state index in [2.05, 4.69) is 0 Å². The number of hydrogen-bond acceptors (Lipinski definition) is 2. The summed E-state index contributed by atoms with van der Waals surface area (Å²) in [5.74, 6) is -2.33. The summed E-state index contributed by atoms with van der Waals surface area (Å²) >= 11 is 0. The highest BCUT2D eigenvalue weighted by atomic mass is 19.1. The molecule has 0 aliphatic heterocycles. The van der Waals surface area contributed by atoms with Crippen LogP contribution in [0.4, 0.5) is 4.39 Å². The molecule has 3 nitrogen and oxygen atoms in total. The minimum absolute atomic E-state index is 0.117. The fraction of sp³-hybridized carbons (Fsp3) is 0.667. The summed E-state index contributed by atoms with van der Waals surface area (Å²) < 4.78 is 12.4. The van der Waals surface area contributed by atoms with Gasteiger partial charge in [-0.3, -0.25) is 0 Å². The lowest BCUT2D eigenvalue weighted by atomic mass is 10.0. The van der Waals surface area contributed by atoms with Crippen molar-refractivity contribution in [2.45, 2.75) is 26.2 Å². The fourth-order valence-corrected chi connectivity index (χ4v) is 0.947. The van der Waals surface area contributed by atoms with E-state index in [1.54, 1.807) is 0 Å². The van der Waals surface area contributed by atoms with Crippen LogP contribution in [0.1, 0.15) is 26.2 Å². The number of aliphatic carboxylic acids is 1. The van der Waals surface area contributed by atoms with Gasteiger partial charge >= 0.3 is 5.97 Å². The highest BCUT2D eigenvalue weighted by Crippen LogP contribution is 2.11. The molecule has 0 saturated heterocycles. The third kappa shape index (κ3) is 6.28. The van der Waals surface area contributed by atoms with Gasteiger partial charge in [0.05, 0.1) is 0 Å². The molecule has 0 heterocycles. The highest BCUT2D eigenvalue weighted by molar-refractivity contribution is 5.83. The molecule has 0 amide bonds. The first kappa shape index (κ1) is 12.1. The van der Waals surface area contributed by atoms with Crippen molar-refractivity contribution in [2.75, 3.05) is 6.61 Å². The van der Waals surface area contributed by atoms with Crippen molar-refractivity contribution in [1.82, 2.24) is 0 Å². The average molecular weight is 190 g/mol.